The summed E-state index contributed by atoms with van der Waals surface area (Å²) in [5.41, 5.74) is -11.5. The molecule has 4 aromatic rings. The first-order valence-electron chi connectivity index (χ1n) is 17.4. The molecule has 53 heavy (non-hydrogen) atoms. The molecule has 0 aliphatic carbocycles. The fourth-order valence-corrected chi connectivity index (χ4v) is 7.09. The van der Waals surface area contributed by atoms with E-state index in [1.807, 2.05) is 6.92 Å². The minimum absolute atomic E-state index is 0.0859. The molecule has 0 heterocycles. The third-order valence-corrected chi connectivity index (χ3v) is 9.34. The second-order valence-electron chi connectivity index (χ2n) is 12.9. The number of para-hydroxylation sites is 3. The lowest BCUT2D eigenvalue weighted by Crippen LogP contribution is -2.40. The Labute approximate surface area is 300 Å². The van der Waals surface area contributed by atoms with Crippen LogP contribution in [0.25, 0.3) is 0 Å². The average Bonchev–Trinajstić information content (AvgIpc) is 3.08. The molecule has 4 rings (SSSR count). The summed E-state index contributed by atoms with van der Waals surface area (Å²) >= 11 is 0. The molecule has 13 heteroatoms. The molecule has 0 saturated carbocycles. The Kier molecular flexibility index (Phi) is 12.7. The second-order valence-corrected chi connectivity index (χ2v) is 12.9. The van der Waals surface area contributed by atoms with Crippen LogP contribution in [0.3, 0.4) is 0 Å². The van der Waals surface area contributed by atoms with Crippen LogP contribution in [-0.4, -0.2) is 0 Å². The number of hydrogen-bond acceptors (Lipinski definition) is 0. The molecule has 0 saturated heterocycles. The highest BCUT2D eigenvalue weighted by atomic mass is 19.4. The maximum atomic E-state index is 16.0. The van der Waals surface area contributed by atoms with Crippen LogP contribution in [0.2, 0.25) is 0 Å². The summed E-state index contributed by atoms with van der Waals surface area (Å²) in [6.45, 7) is 5.32. The number of quaternary nitrogens is 1. The maximum absolute atomic E-state index is 16.0. The molecule has 0 atom stereocenters. The molecule has 0 aromatic heterocycles. The Bertz CT molecular complexity index is 1710. The lowest BCUT2D eigenvalue weighted by Gasteiger charge is -2.42. The first-order valence-corrected chi connectivity index (χ1v) is 17.4. The quantitative estimate of drug-likeness (QED) is 0.0940. The standard InChI is InChI=1S/C40H40F12N/c1-4-7-16-26-25-35(36(40(50,51)52)28(18-9-6-3)27(26)17-8-5-2)53(32-22-13-10-19-29(32)37(41,42)43,33-23-14-11-20-30(33)38(44,45)46)34-24-15-12-21-31(34)39(47,48)49/h10-15,19-25H,4-9,16-18H2,1-3H3/q+1. The van der Waals surface area contributed by atoms with Gasteiger partial charge in [0.15, 0.2) is 22.7 Å². The molecule has 0 aliphatic heterocycles. The Balaban J connectivity index is 2.57. The topological polar surface area (TPSA) is 0 Å². The van der Waals surface area contributed by atoms with Gasteiger partial charge in [0.05, 0.1) is 0 Å². The van der Waals surface area contributed by atoms with Crippen molar-refractivity contribution < 1.29 is 52.7 Å². The number of aryl methyl sites for hydroxylation is 1. The highest BCUT2D eigenvalue weighted by Crippen LogP contribution is 2.62. The average molecular weight is 763 g/mol. The monoisotopic (exact) mass is 762 g/mol. The smallest absolute Gasteiger partial charge is 0.192 e. The van der Waals surface area contributed by atoms with Gasteiger partial charge in [-0.25, -0.2) is 0 Å². The molecule has 0 N–H and O–H groups in total. The van der Waals surface area contributed by atoms with Crippen LogP contribution < -0.4 is 4.48 Å². The fraction of sp³-hybridized carbons (Fsp3) is 0.400. The number of halogens is 12. The number of alkyl halides is 12. The van der Waals surface area contributed by atoms with E-state index in [-0.39, 0.29) is 42.4 Å². The summed E-state index contributed by atoms with van der Waals surface area (Å²) in [4.78, 5) is 0. The van der Waals surface area contributed by atoms with E-state index in [1.54, 1.807) is 13.8 Å². The lowest BCUT2D eigenvalue weighted by molar-refractivity contribution is -0.138. The van der Waals surface area contributed by atoms with Gasteiger partial charge >= 0.3 is 24.7 Å². The molecule has 0 amide bonds. The summed E-state index contributed by atoms with van der Waals surface area (Å²) in [5.74, 6) is 0. The highest BCUT2D eigenvalue weighted by molar-refractivity contribution is 5.88. The molecule has 0 radical (unpaired) electrons. The number of benzene rings is 4. The van der Waals surface area contributed by atoms with Crippen molar-refractivity contribution in [1.29, 1.82) is 0 Å². The van der Waals surface area contributed by atoms with Gasteiger partial charge in [0.2, 0.25) is 0 Å². The molecule has 1 nitrogen and oxygen atoms in total. The SMILES string of the molecule is CCCCc1cc([N+](c2ccccc2C(F)(F)F)(c2ccccc2C(F)(F)F)c2ccccc2C(F)(F)F)c(C(F)(F)F)c(CCCC)c1CCCC. The Morgan fingerprint density at radius 1 is 0.415 bits per heavy atom. The Morgan fingerprint density at radius 2 is 0.755 bits per heavy atom. The number of nitrogens with zero attached hydrogens (tertiary/aromatic N) is 1. The van der Waals surface area contributed by atoms with Crippen LogP contribution in [0.15, 0.2) is 78.9 Å². The van der Waals surface area contributed by atoms with Crippen molar-refractivity contribution in [2.45, 2.75) is 103 Å². The van der Waals surface area contributed by atoms with Crippen molar-refractivity contribution in [3.05, 3.63) is 118 Å². The van der Waals surface area contributed by atoms with Crippen molar-refractivity contribution in [1.82, 2.24) is 4.48 Å². The van der Waals surface area contributed by atoms with E-state index in [0.29, 0.717) is 68.5 Å². The zero-order chi connectivity index (χ0) is 39.4. The lowest BCUT2D eigenvalue weighted by atomic mass is 9.84. The fourth-order valence-electron chi connectivity index (χ4n) is 7.09. The zero-order valence-electron chi connectivity index (χ0n) is 29.4. The Hall–Kier alpha value is -4.00. The maximum Gasteiger partial charge on any atom is 0.422 e. The summed E-state index contributed by atoms with van der Waals surface area (Å²) in [6.07, 6.45) is -19.4. The van der Waals surface area contributed by atoms with Crippen LogP contribution >= 0.6 is 0 Å². The minimum Gasteiger partial charge on any atom is -0.192 e. The van der Waals surface area contributed by atoms with Gasteiger partial charge < -0.3 is 0 Å². The van der Waals surface area contributed by atoms with E-state index in [2.05, 4.69) is 0 Å². The third-order valence-electron chi connectivity index (χ3n) is 9.34. The molecule has 4 aromatic carbocycles. The van der Waals surface area contributed by atoms with Gasteiger partial charge in [0.1, 0.15) is 22.3 Å². The van der Waals surface area contributed by atoms with Gasteiger partial charge in [-0.2, -0.15) is 57.2 Å². The molecule has 0 spiro atoms. The van der Waals surface area contributed by atoms with Crippen molar-refractivity contribution in [2.24, 2.45) is 0 Å². The third kappa shape index (κ3) is 8.55. The number of unbranched alkanes of at least 4 members (excludes halogenated alkanes) is 3. The van der Waals surface area contributed by atoms with E-state index in [9.17, 15) is 0 Å². The van der Waals surface area contributed by atoms with Crippen molar-refractivity contribution in [3.63, 3.8) is 0 Å². The van der Waals surface area contributed by atoms with Gasteiger partial charge in [0, 0.05) is 24.3 Å². The molecule has 0 unspecified atom stereocenters. The summed E-state index contributed by atoms with van der Waals surface area (Å²) in [7, 11) is 0. The molecule has 0 aliphatic rings. The molecule has 0 fully saturated rings. The molecular weight excluding hydrogens is 722 g/mol. The van der Waals surface area contributed by atoms with Crippen LogP contribution in [0.5, 0.6) is 0 Å². The zero-order valence-corrected chi connectivity index (χ0v) is 29.4. The van der Waals surface area contributed by atoms with Crippen molar-refractivity contribution >= 4 is 22.7 Å². The summed E-state index contributed by atoms with van der Waals surface area (Å²) in [6, 6.07) is 9.78. The van der Waals surface area contributed by atoms with E-state index in [0.717, 1.165) is 42.5 Å². The van der Waals surface area contributed by atoms with Gasteiger partial charge in [-0.3, -0.25) is 0 Å². The van der Waals surface area contributed by atoms with Crippen LogP contribution in [0.1, 0.15) is 98.2 Å². The second kappa shape index (κ2) is 16.2. The van der Waals surface area contributed by atoms with Crippen LogP contribution in [0.4, 0.5) is 75.4 Å². The first-order chi connectivity index (χ1) is 24.8. The number of hydrogen-bond donors (Lipinski definition) is 0. The van der Waals surface area contributed by atoms with E-state index >= 15 is 52.7 Å². The predicted octanol–water partition coefficient (Wildman–Crippen LogP) is 15.1. The van der Waals surface area contributed by atoms with Crippen molar-refractivity contribution in [3.8, 4) is 0 Å². The first kappa shape index (κ1) is 41.8. The van der Waals surface area contributed by atoms with Gasteiger partial charge in [0.25, 0.3) is 0 Å². The van der Waals surface area contributed by atoms with E-state index in [4.69, 9.17) is 0 Å². The Morgan fingerprint density at radius 3 is 1.09 bits per heavy atom. The summed E-state index contributed by atoms with van der Waals surface area (Å²) in [5, 5.41) is 0. The normalized spacial score (nSPS) is 13.1. The highest BCUT2D eigenvalue weighted by Gasteiger charge is 2.57. The van der Waals surface area contributed by atoms with Gasteiger partial charge in [-0.05, 0) is 73.4 Å². The molecule has 288 valence electrons. The van der Waals surface area contributed by atoms with Crippen LogP contribution in [0, 0.1) is 0 Å². The summed E-state index contributed by atoms with van der Waals surface area (Å²) < 4.78 is 182. The van der Waals surface area contributed by atoms with Crippen LogP contribution in [-0.2, 0) is 44.0 Å². The van der Waals surface area contributed by atoms with Gasteiger partial charge in [-0.15, -0.1) is 0 Å². The van der Waals surface area contributed by atoms with E-state index < -0.39 is 74.2 Å². The largest absolute Gasteiger partial charge is 0.422 e. The predicted molar refractivity (Wildman–Crippen MR) is 182 cm³/mol. The molecule has 0 bridgehead atoms. The van der Waals surface area contributed by atoms with E-state index in [1.165, 1.54) is 0 Å². The molecular formula is C40H40F12N+. The number of rotatable bonds is 13. The minimum atomic E-state index is -5.44. The van der Waals surface area contributed by atoms with Crippen molar-refractivity contribution in [2.75, 3.05) is 0 Å². The van der Waals surface area contributed by atoms with Gasteiger partial charge in [-0.1, -0.05) is 76.4 Å².